The van der Waals surface area contributed by atoms with Gasteiger partial charge in [-0.2, -0.15) is 0 Å². The highest BCUT2D eigenvalue weighted by atomic mass is 32.2. The van der Waals surface area contributed by atoms with Crippen LogP contribution in [0.5, 0.6) is 0 Å². The van der Waals surface area contributed by atoms with Gasteiger partial charge in [-0.3, -0.25) is 0 Å². The Hall–Kier alpha value is -1.99. The van der Waals surface area contributed by atoms with Gasteiger partial charge in [-0.05, 0) is 23.9 Å². The van der Waals surface area contributed by atoms with Crippen molar-refractivity contribution in [2.75, 3.05) is 0 Å². The molecule has 0 saturated heterocycles. The van der Waals surface area contributed by atoms with Gasteiger partial charge in [-0.1, -0.05) is 12.1 Å². The minimum atomic E-state index is -0.0408. The molecule has 1 N–H and O–H groups in total. The van der Waals surface area contributed by atoms with Gasteiger partial charge in [0.1, 0.15) is 5.52 Å². The molecule has 19 heavy (non-hydrogen) atoms. The van der Waals surface area contributed by atoms with Crippen molar-refractivity contribution >= 4 is 22.8 Å². The summed E-state index contributed by atoms with van der Waals surface area (Å²) in [5, 5.41) is 18.6. The zero-order valence-corrected chi connectivity index (χ0v) is 11.0. The van der Waals surface area contributed by atoms with Gasteiger partial charge >= 0.3 is 0 Å². The predicted octanol–water partition coefficient (Wildman–Crippen LogP) is 1.40. The first-order valence-corrected chi connectivity index (χ1v) is 6.48. The van der Waals surface area contributed by atoms with Gasteiger partial charge in [0.2, 0.25) is 5.16 Å². The number of hydrogen-bond acceptors (Lipinski definition) is 6. The number of hydrogen-bond donors (Lipinski definition) is 1. The topological polar surface area (TPSA) is 76.7 Å². The standard InChI is InChI=1S/C12H11N5OS/c1-17-8(7-18)6-13-12(17)19-11-14-9-4-2-3-5-10(9)15-16-11/h2-6,18H,7H2,1H3. The molecule has 0 saturated carbocycles. The van der Waals surface area contributed by atoms with Gasteiger partial charge in [0.25, 0.3) is 0 Å². The van der Waals surface area contributed by atoms with Crippen LogP contribution in [0.2, 0.25) is 0 Å². The van der Waals surface area contributed by atoms with Crippen molar-refractivity contribution in [1.29, 1.82) is 0 Å². The summed E-state index contributed by atoms with van der Waals surface area (Å²) in [5.74, 6) is 0. The Morgan fingerprint density at radius 3 is 2.74 bits per heavy atom. The number of benzene rings is 1. The SMILES string of the molecule is Cn1c(CO)cnc1Sc1nnc2ccccc2n1. The summed E-state index contributed by atoms with van der Waals surface area (Å²) in [7, 11) is 1.84. The third-order valence-corrected chi connectivity index (χ3v) is 3.64. The van der Waals surface area contributed by atoms with Crippen LogP contribution in [0.4, 0.5) is 0 Å². The third-order valence-electron chi connectivity index (χ3n) is 2.73. The number of aliphatic hydroxyl groups excluding tert-OH is 1. The molecule has 0 spiro atoms. The summed E-state index contributed by atoms with van der Waals surface area (Å²) in [4.78, 5) is 8.64. The van der Waals surface area contributed by atoms with Crippen molar-refractivity contribution in [3.63, 3.8) is 0 Å². The van der Waals surface area contributed by atoms with E-state index in [1.807, 2.05) is 35.9 Å². The van der Waals surface area contributed by atoms with Gasteiger partial charge < -0.3 is 9.67 Å². The molecular weight excluding hydrogens is 262 g/mol. The summed E-state index contributed by atoms with van der Waals surface area (Å²) in [6.45, 7) is -0.0408. The summed E-state index contributed by atoms with van der Waals surface area (Å²) in [6, 6.07) is 7.58. The summed E-state index contributed by atoms with van der Waals surface area (Å²) in [6.07, 6.45) is 1.64. The maximum absolute atomic E-state index is 9.13. The van der Waals surface area contributed by atoms with E-state index >= 15 is 0 Å². The fraction of sp³-hybridized carbons (Fsp3) is 0.167. The van der Waals surface area contributed by atoms with Crippen LogP contribution in [0.15, 0.2) is 40.8 Å². The molecule has 0 amide bonds. The molecule has 3 aromatic rings. The third kappa shape index (κ3) is 2.29. The van der Waals surface area contributed by atoms with Crippen molar-refractivity contribution in [2.24, 2.45) is 7.05 Å². The molecule has 2 aromatic heterocycles. The van der Waals surface area contributed by atoms with E-state index in [0.717, 1.165) is 21.9 Å². The molecular formula is C12H11N5OS. The zero-order chi connectivity index (χ0) is 13.2. The number of para-hydroxylation sites is 1. The lowest BCUT2D eigenvalue weighted by Crippen LogP contribution is -1.98. The molecule has 0 atom stereocenters. The van der Waals surface area contributed by atoms with E-state index in [0.29, 0.717) is 5.16 Å². The van der Waals surface area contributed by atoms with Crippen LogP contribution >= 0.6 is 11.8 Å². The molecule has 0 radical (unpaired) electrons. The highest BCUT2D eigenvalue weighted by Gasteiger charge is 2.10. The monoisotopic (exact) mass is 273 g/mol. The van der Waals surface area contributed by atoms with Gasteiger partial charge in [-0.25, -0.2) is 9.97 Å². The Morgan fingerprint density at radius 1 is 1.21 bits per heavy atom. The van der Waals surface area contributed by atoms with E-state index in [9.17, 15) is 0 Å². The van der Waals surface area contributed by atoms with Crippen LogP contribution in [0.3, 0.4) is 0 Å². The minimum absolute atomic E-state index is 0.0408. The Kier molecular flexibility index (Phi) is 3.14. The smallest absolute Gasteiger partial charge is 0.217 e. The predicted molar refractivity (Wildman–Crippen MR) is 70.6 cm³/mol. The van der Waals surface area contributed by atoms with E-state index in [1.54, 1.807) is 6.20 Å². The van der Waals surface area contributed by atoms with E-state index in [1.165, 1.54) is 11.8 Å². The zero-order valence-electron chi connectivity index (χ0n) is 10.2. The average Bonchev–Trinajstić information content (AvgIpc) is 2.79. The molecule has 0 bridgehead atoms. The van der Waals surface area contributed by atoms with Crippen LogP contribution < -0.4 is 0 Å². The second-order valence-corrected chi connectivity index (χ2v) is 4.87. The first kappa shape index (κ1) is 12.1. The second kappa shape index (κ2) is 4.94. The van der Waals surface area contributed by atoms with Crippen LogP contribution in [-0.4, -0.2) is 29.8 Å². The Bertz CT molecular complexity index is 727. The molecule has 0 unspecified atom stereocenters. The lowest BCUT2D eigenvalue weighted by molar-refractivity contribution is 0.271. The number of nitrogens with zero attached hydrogens (tertiary/aromatic N) is 5. The lowest BCUT2D eigenvalue weighted by atomic mass is 10.3. The summed E-state index contributed by atoms with van der Waals surface area (Å²) in [5.41, 5.74) is 2.32. The maximum atomic E-state index is 9.13. The van der Waals surface area contributed by atoms with Gasteiger partial charge in [-0.15, -0.1) is 10.2 Å². The number of fused-ring (bicyclic) bond motifs is 1. The van der Waals surface area contributed by atoms with Gasteiger partial charge in [0.15, 0.2) is 5.16 Å². The summed E-state index contributed by atoms with van der Waals surface area (Å²) < 4.78 is 1.81. The molecule has 0 fully saturated rings. The van der Waals surface area contributed by atoms with Crippen LogP contribution in [0.25, 0.3) is 11.0 Å². The largest absolute Gasteiger partial charge is 0.390 e. The molecule has 3 rings (SSSR count). The maximum Gasteiger partial charge on any atom is 0.217 e. The molecule has 0 aliphatic rings. The van der Waals surface area contributed by atoms with Crippen LogP contribution in [-0.2, 0) is 13.7 Å². The summed E-state index contributed by atoms with van der Waals surface area (Å²) >= 11 is 1.32. The van der Waals surface area contributed by atoms with Crippen molar-refractivity contribution < 1.29 is 5.11 Å². The quantitative estimate of drug-likeness (QED) is 0.777. The Labute approximate surface area is 113 Å². The first-order chi connectivity index (χ1) is 9.28. The minimum Gasteiger partial charge on any atom is -0.390 e. The molecule has 96 valence electrons. The van der Waals surface area contributed by atoms with E-state index in [4.69, 9.17) is 5.11 Å². The van der Waals surface area contributed by atoms with Crippen LogP contribution in [0, 0.1) is 0 Å². The fourth-order valence-corrected chi connectivity index (χ4v) is 2.41. The van der Waals surface area contributed by atoms with E-state index < -0.39 is 0 Å². The average molecular weight is 273 g/mol. The van der Waals surface area contributed by atoms with E-state index in [-0.39, 0.29) is 6.61 Å². The van der Waals surface area contributed by atoms with Gasteiger partial charge in [0.05, 0.1) is 24.0 Å². The lowest BCUT2D eigenvalue weighted by Gasteiger charge is -2.02. The fourth-order valence-electron chi connectivity index (χ4n) is 1.66. The Morgan fingerprint density at radius 2 is 2.00 bits per heavy atom. The molecule has 2 heterocycles. The molecule has 6 nitrogen and oxygen atoms in total. The normalized spacial score (nSPS) is 11.1. The van der Waals surface area contributed by atoms with Crippen molar-refractivity contribution in [1.82, 2.24) is 24.7 Å². The van der Waals surface area contributed by atoms with Gasteiger partial charge in [0, 0.05) is 7.05 Å². The van der Waals surface area contributed by atoms with Crippen molar-refractivity contribution in [3.05, 3.63) is 36.2 Å². The number of aliphatic hydroxyl groups is 1. The highest BCUT2D eigenvalue weighted by Crippen LogP contribution is 2.24. The highest BCUT2D eigenvalue weighted by molar-refractivity contribution is 7.99. The van der Waals surface area contributed by atoms with Crippen molar-refractivity contribution in [2.45, 2.75) is 16.9 Å². The second-order valence-electron chi connectivity index (χ2n) is 3.93. The Balaban J connectivity index is 1.94. The van der Waals surface area contributed by atoms with Crippen molar-refractivity contribution in [3.8, 4) is 0 Å². The molecule has 0 aliphatic carbocycles. The first-order valence-electron chi connectivity index (χ1n) is 5.66. The molecule has 0 aliphatic heterocycles. The molecule has 7 heteroatoms. The number of rotatable bonds is 3. The number of aromatic nitrogens is 5. The van der Waals surface area contributed by atoms with Crippen LogP contribution in [0.1, 0.15) is 5.69 Å². The number of imidazole rings is 1. The van der Waals surface area contributed by atoms with E-state index in [2.05, 4.69) is 20.2 Å². The molecule has 1 aromatic carbocycles.